The predicted molar refractivity (Wildman–Crippen MR) is 91.0 cm³/mol. The van der Waals surface area contributed by atoms with E-state index in [1.54, 1.807) is 0 Å². The highest BCUT2D eigenvalue weighted by atomic mass is 16.7. The minimum atomic E-state index is 0.447. The Morgan fingerprint density at radius 3 is 1.95 bits per heavy atom. The molecule has 0 amide bonds. The number of aliphatic imine (C=N–C) groups is 1. The average Bonchev–Trinajstić information content (AvgIpc) is 2.91. The van der Waals surface area contributed by atoms with E-state index in [1.807, 2.05) is 0 Å². The van der Waals surface area contributed by atoms with E-state index in [2.05, 4.69) is 30.9 Å². The van der Waals surface area contributed by atoms with E-state index >= 15 is 0 Å². The molecule has 21 heavy (non-hydrogen) atoms. The molecule has 0 fully saturated rings. The number of amidine groups is 1. The third-order valence-electron chi connectivity index (χ3n) is 4.23. The molecule has 1 rings (SSSR count). The Labute approximate surface area is 131 Å². The molecule has 0 aromatic heterocycles. The van der Waals surface area contributed by atoms with Gasteiger partial charge in [0.1, 0.15) is 5.84 Å². The Bertz CT molecular complexity index is 312. The number of nitrogens with one attached hydrogen (secondary N) is 1. The van der Waals surface area contributed by atoms with Crippen LogP contribution in [-0.2, 0) is 4.84 Å². The van der Waals surface area contributed by atoms with Crippen molar-refractivity contribution >= 4 is 5.84 Å². The molecule has 1 atom stereocenters. The highest BCUT2D eigenvalue weighted by Crippen LogP contribution is 2.16. The third-order valence-corrected chi connectivity index (χ3v) is 4.23. The first kappa shape index (κ1) is 18.1. The smallest absolute Gasteiger partial charge is 0.240 e. The molecule has 1 unspecified atom stereocenters. The maximum Gasteiger partial charge on any atom is 0.240 e. The molecule has 0 saturated heterocycles. The molecule has 0 saturated carbocycles. The number of rotatable bonds is 13. The van der Waals surface area contributed by atoms with Gasteiger partial charge in [0.05, 0.1) is 0 Å². The van der Waals surface area contributed by atoms with Crippen LogP contribution < -0.4 is 5.48 Å². The van der Waals surface area contributed by atoms with Gasteiger partial charge in [-0.3, -0.25) is 0 Å². The van der Waals surface area contributed by atoms with Gasteiger partial charge in [0.25, 0.3) is 0 Å². The topological polar surface area (TPSA) is 33.6 Å². The molecule has 0 bridgehead atoms. The summed E-state index contributed by atoms with van der Waals surface area (Å²) in [5, 5.41) is 0. The zero-order valence-electron chi connectivity index (χ0n) is 14.1. The van der Waals surface area contributed by atoms with Crippen LogP contribution in [0.15, 0.2) is 17.5 Å². The molecule has 1 aliphatic heterocycles. The van der Waals surface area contributed by atoms with Crippen molar-refractivity contribution in [1.29, 1.82) is 0 Å². The second-order valence-corrected chi connectivity index (χ2v) is 6.32. The molecule has 0 aliphatic carbocycles. The van der Waals surface area contributed by atoms with Crippen molar-refractivity contribution in [1.82, 2.24) is 5.48 Å². The number of hydroxylamine groups is 1. The summed E-state index contributed by atoms with van der Waals surface area (Å²) in [7, 11) is 0. The van der Waals surface area contributed by atoms with Crippen molar-refractivity contribution in [3.63, 3.8) is 0 Å². The van der Waals surface area contributed by atoms with Gasteiger partial charge < -0.3 is 4.84 Å². The fourth-order valence-corrected chi connectivity index (χ4v) is 2.75. The first-order valence-corrected chi connectivity index (χ1v) is 8.94. The Balaban J connectivity index is 1.84. The van der Waals surface area contributed by atoms with Crippen LogP contribution in [0.5, 0.6) is 0 Å². The lowest BCUT2D eigenvalue weighted by Crippen LogP contribution is -2.23. The summed E-state index contributed by atoms with van der Waals surface area (Å²) in [5.74, 6) is 1.87. The molecular weight excluding hydrogens is 260 g/mol. The summed E-state index contributed by atoms with van der Waals surface area (Å²) >= 11 is 0. The largest absolute Gasteiger partial charge is 0.361 e. The number of hydrogen-bond acceptors (Lipinski definition) is 3. The van der Waals surface area contributed by atoms with Crippen molar-refractivity contribution < 1.29 is 4.84 Å². The second kappa shape index (κ2) is 11.6. The zero-order chi connectivity index (χ0) is 15.3. The first-order chi connectivity index (χ1) is 10.2. The number of hydrogen-bond donors (Lipinski definition) is 1. The molecule has 1 heterocycles. The fourth-order valence-electron chi connectivity index (χ4n) is 2.75. The van der Waals surface area contributed by atoms with Gasteiger partial charge in [-0.2, -0.15) is 4.99 Å². The van der Waals surface area contributed by atoms with Crippen LogP contribution in [0, 0.1) is 5.92 Å². The van der Waals surface area contributed by atoms with Crippen LogP contribution in [0.25, 0.3) is 0 Å². The van der Waals surface area contributed by atoms with Crippen molar-refractivity contribution in [2.45, 2.75) is 90.9 Å². The van der Waals surface area contributed by atoms with Gasteiger partial charge in [0.2, 0.25) is 5.88 Å². The van der Waals surface area contributed by atoms with E-state index < -0.39 is 0 Å². The van der Waals surface area contributed by atoms with Gasteiger partial charge in [-0.05, 0) is 13.0 Å². The van der Waals surface area contributed by atoms with Crippen LogP contribution in [0.2, 0.25) is 0 Å². The Morgan fingerprint density at radius 2 is 1.48 bits per heavy atom. The molecule has 0 aromatic carbocycles. The molecule has 0 radical (unpaired) electrons. The monoisotopic (exact) mass is 294 g/mol. The van der Waals surface area contributed by atoms with Crippen molar-refractivity contribution in [2.24, 2.45) is 10.9 Å². The Hall–Kier alpha value is -0.990. The molecule has 122 valence electrons. The van der Waals surface area contributed by atoms with Crippen LogP contribution in [-0.4, -0.2) is 5.84 Å². The van der Waals surface area contributed by atoms with E-state index in [4.69, 9.17) is 4.84 Å². The second-order valence-electron chi connectivity index (χ2n) is 6.32. The maximum absolute atomic E-state index is 5.05. The van der Waals surface area contributed by atoms with E-state index in [0.29, 0.717) is 11.8 Å². The van der Waals surface area contributed by atoms with Crippen molar-refractivity contribution in [3.8, 4) is 0 Å². The summed E-state index contributed by atoms with van der Waals surface area (Å²) < 4.78 is 0. The summed E-state index contributed by atoms with van der Waals surface area (Å²) in [6.07, 6.45) is 16.5. The van der Waals surface area contributed by atoms with Crippen LogP contribution >= 0.6 is 0 Å². The lowest BCUT2D eigenvalue weighted by atomic mass is 10.0. The Morgan fingerprint density at radius 1 is 0.952 bits per heavy atom. The molecule has 1 N–H and O–H groups in total. The maximum atomic E-state index is 5.05. The number of nitrogens with zero attached hydrogens (tertiary/aromatic N) is 1. The molecule has 0 aromatic rings. The fraction of sp³-hybridized carbons (Fsp3) is 0.833. The highest BCUT2D eigenvalue weighted by molar-refractivity contribution is 5.85. The summed E-state index contributed by atoms with van der Waals surface area (Å²) in [5.41, 5.74) is 2.85. The van der Waals surface area contributed by atoms with Crippen LogP contribution in [0.1, 0.15) is 90.9 Å². The molecule has 3 nitrogen and oxygen atoms in total. The van der Waals surface area contributed by atoms with E-state index in [0.717, 1.165) is 5.84 Å². The lowest BCUT2D eigenvalue weighted by Gasteiger charge is -2.10. The standard InChI is InChI=1S/C18H34N2O/c1-4-5-6-7-8-9-10-11-12-13-14-15-16(2)18-19-17(3)21-20-18/h16H,3-15H2,1-2H3,(H,19,20). The summed E-state index contributed by atoms with van der Waals surface area (Å²) in [4.78, 5) is 9.29. The van der Waals surface area contributed by atoms with Gasteiger partial charge in [-0.25, -0.2) is 5.48 Å². The minimum Gasteiger partial charge on any atom is -0.361 e. The van der Waals surface area contributed by atoms with Gasteiger partial charge >= 0.3 is 0 Å². The minimum absolute atomic E-state index is 0.447. The summed E-state index contributed by atoms with van der Waals surface area (Å²) in [6.45, 7) is 8.15. The molecular formula is C18H34N2O. The SMILES string of the molecule is C=C1N=C(C(C)CCCCCCCCCCCCC)NO1. The van der Waals surface area contributed by atoms with E-state index in [9.17, 15) is 0 Å². The van der Waals surface area contributed by atoms with Gasteiger partial charge in [0, 0.05) is 5.92 Å². The van der Waals surface area contributed by atoms with E-state index in [-0.39, 0.29) is 0 Å². The van der Waals surface area contributed by atoms with Gasteiger partial charge in [-0.1, -0.05) is 84.5 Å². The highest BCUT2D eigenvalue weighted by Gasteiger charge is 2.16. The predicted octanol–water partition coefficient (Wildman–Crippen LogP) is 5.73. The summed E-state index contributed by atoms with van der Waals surface area (Å²) in [6, 6.07) is 0. The van der Waals surface area contributed by atoms with Crippen molar-refractivity contribution in [3.05, 3.63) is 12.5 Å². The van der Waals surface area contributed by atoms with Crippen LogP contribution in [0.4, 0.5) is 0 Å². The quantitative estimate of drug-likeness (QED) is 0.440. The van der Waals surface area contributed by atoms with E-state index in [1.165, 1.54) is 77.0 Å². The lowest BCUT2D eigenvalue weighted by molar-refractivity contribution is 0.175. The van der Waals surface area contributed by atoms with Crippen LogP contribution in [0.3, 0.4) is 0 Å². The first-order valence-electron chi connectivity index (χ1n) is 8.94. The van der Waals surface area contributed by atoms with Gasteiger partial charge in [0.15, 0.2) is 0 Å². The number of unbranched alkanes of at least 4 members (excludes halogenated alkanes) is 10. The van der Waals surface area contributed by atoms with Gasteiger partial charge in [-0.15, -0.1) is 0 Å². The average molecular weight is 294 g/mol. The molecule has 1 aliphatic rings. The third kappa shape index (κ3) is 8.79. The Kier molecular flexibility index (Phi) is 10.0. The van der Waals surface area contributed by atoms with Crippen molar-refractivity contribution in [2.75, 3.05) is 0 Å². The molecule has 0 spiro atoms. The molecule has 3 heteroatoms. The normalized spacial score (nSPS) is 15.5. The zero-order valence-corrected chi connectivity index (χ0v) is 14.1.